The van der Waals surface area contributed by atoms with Crippen LogP contribution in [0.1, 0.15) is 49.6 Å². The number of hydrogen-bond acceptors (Lipinski definition) is 8. The van der Waals surface area contributed by atoms with Crippen molar-refractivity contribution < 1.29 is 28.9 Å². The molecule has 1 spiro atoms. The van der Waals surface area contributed by atoms with E-state index in [1.165, 1.54) is 0 Å². The summed E-state index contributed by atoms with van der Waals surface area (Å²) in [6.45, 7) is 8.24. The Morgan fingerprint density at radius 2 is 1.84 bits per heavy atom. The van der Waals surface area contributed by atoms with Gasteiger partial charge in [-0.3, -0.25) is 14.4 Å². The molecule has 11 nitrogen and oxygen atoms in total. The van der Waals surface area contributed by atoms with E-state index in [0.29, 0.717) is 44.8 Å². The predicted molar refractivity (Wildman–Crippen MR) is 183 cm³/mol. The Bertz CT molecular complexity index is 1830. The number of aromatic nitrogens is 3. The zero-order valence-electron chi connectivity index (χ0n) is 28.4. The van der Waals surface area contributed by atoms with Gasteiger partial charge in [0.25, 0.3) is 5.91 Å². The molecule has 256 valence electrons. The molecule has 4 heterocycles. The van der Waals surface area contributed by atoms with Crippen molar-refractivity contribution in [3.8, 4) is 5.75 Å². The summed E-state index contributed by atoms with van der Waals surface area (Å²) in [4.78, 5) is 31.2. The Hall–Kier alpha value is -4.74. The molecule has 7 rings (SSSR count). The molecule has 3 aliphatic rings. The lowest BCUT2D eigenvalue weighted by atomic mass is 9.63. The highest BCUT2D eigenvalue weighted by molar-refractivity contribution is 6.08. The van der Waals surface area contributed by atoms with Gasteiger partial charge in [-0.1, -0.05) is 68.4 Å². The number of aliphatic hydroxyl groups excluding tert-OH is 1. The fourth-order valence-electron chi connectivity index (χ4n) is 8.23. The third-order valence-corrected chi connectivity index (χ3v) is 10.7. The quantitative estimate of drug-likeness (QED) is 0.231. The van der Waals surface area contributed by atoms with Crippen LogP contribution >= 0.6 is 0 Å². The van der Waals surface area contributed by atoms with E-state index < -0.39 is 17.1 Å². The number of nitrogens with zero attached hydrogens (tertiary/aromatic N) is 5. The van der Waals surface area contributed by atoms with E-state index in [-0.39, 0.29) is 30.5 Å². The van der Waals surface area contributed by atoms with Gasteiger partial charge in [0.05, 0.1) is 37.7 Å². The van der Waals surface area contributed by atoms with Crippen LogP contribution in [0.25, 0.3) is 0 Å². The minimum Gasteiger partial charge on any atom is -0.497 e. The summed E-state index contributed by atoms with van der Waals surface area (Å²) in [5.41, 5.74) is 3.35. The van der Waals surface area contributed by atoms with Crippen LogP contribution < -0.4 is 14.5 Å². The maximum atomic E-state index is 15.1. The van der Waals surface area contributed by atoms with Crippen LogP contribution in [0.3, 0.4) is 0 Å². The fourth-order valence-corrected chi connectivity index (χ4v) is 8.23. The summed E-state index contributed by atoms with van der Waals surface area (Å²) in [6.07, 6.45) is 2.13. The van der Waals surface area contributed by atoms with Gasteiger partial charge in [-0.15, -0.1) is 5.10 Å². The third kappa shape index (κ3) is 5.64. The van der Waals surface area contributed by atoms with E-state index in [0.717, 1.165) is 33.8 Å². The van der Waals surface area contributed by atoms with Crippen LogP contribution in [0.15, 0.2) is 79.0 Å². The molecular formula is C38H43N5O6. The molecule has 0 saturated carbocycles. The smallest absolute Gasteiger partial charge is 0.414 e. The van der Waals surface area contributed by atoms with Crippen molar-refractivity contribution in [2.75, 3.05) is 36.7 Å². The lowest BCUT2D eigenvalue weighted by molar-refractivity contribution is -0.146. The van der Waals surface area contributed by atoms with Gasteiger partial charge < -0.3 is 24.2 Å². The highest BCUT2D eigenvalue weighted by Crippen LogP contribution is 2.60. The Morgan fingerprint density at radius 3 is 2.53 bits per heavy atom. The van der Waals surface area contributed by atoms with E-state index in [9.17, 15) is 9.90 Å². The zero-order chi connectivity index (χ0) is 34.3. The summed E-state index contributed by atoms with van der Waals surface area (Å²) < 4.78 is 19.8. The first-order valence-corrected chi connectivity index (χ1v) is 16.9. The Labute approximate surface area is 286 Å². The van der Waals surface area contributed by atoms with Gasteiger partial charge in [0, 0.05) is 48.9 Å². The minimum atomic E-state index is -1.30. The van der Waals surface area contributed by atoms with Crippen LogP contribution in [-0.4, -0.2) is 65.1 Å². The average Bonchev–Trinajstić information content (AvgIpc) is 3.87. The first-order chi connectivity index (χ1) is 23.7. The number of carbonyl (C=O) groups excluding carboxylic acids is 2. The molecule has 3 aromatic carbocycles. The minimum absolute atomic E-state index is 0.000724. The molecule has 4 aromatic rings. The van der Waals surface area contributed by atoms with Gasteiger partial charge in [-0.25, -0.2) is 4.79 Å². The number of fused-ring (bicyclic) bond motifs is 2. The molecule has 49 heavy (non-hydrogen) atoms. The number of cyclic esters (lactones) is 1. The van der Waals surface area contributed by atoms with Gasteiger partial charge in [0.2, 0.25) is 0 Å². The molecule has 1 N–H and O–H groups in total. The number of aliphatic hydroxyl groups is 1. The third-order valence-electron chi connectivity index (χ3n) is 10.7. The molecule has 2 fully saturated rings. The number of methoxy groups -OCH3 is 1. The van der Waals surface area contributed by atoms with Gasteiger partial charge in [-0.05, 0) is 53.3 Å². The van der Waals surface area contributed by atoms with Crippen LogP contribution in [0, 0.1) is 11.8 Å². The van der Waals surface area contributed by atoms with Gasteiger partial charge in [0.15, 0.2) is 5.60 Å². The molecule has 0 radical (unpaired) electrons. The van der Waals surface area contributed by atoms with E-state index >= 15 is 4.79 Å². The van der Waals surface area contributed by atoms with Crippen molar-refractivity contribution in [3.63, 3.8) is 0 Å². The fraction of sp³-hybridized carbons (Fsp3) is 0.421. The average molecular weight is 666 g/mol. The summed E-state index contributed by atoms with van der Waals surface area (Å²) in [6, 6.07) is 23.9. The Kier molecular flexibility index (Phi) is 8.66. The summed E-state index contributed by atoms with van der Waals surface area (Å²) >= 11 is 0. The monoisotopic (exact) mass is 665 g/mol. The zero-order valence-corrected chi connectivity index (χ0v) is 28.4. The molecule has 0 unspecified atom stereocenters. The number of carbonyl (C=O) groups is 2. The molecule has 4 atom stereocenters. The predicted octanol–water partition coefficient (Wildman–Crippen LogP) is 5.24. The van der Waals surface area contributed by atoms with E-state index in [1.807, 2.05) is 71.8 Å². The van der Waals surface area contributed by atoms with E-state index in [2.05, 4.69) is 43.2 Å². The normalized spacial score (nSPS) is 23.4. The molecule has 0 bridgehead atoms. The van der Waals surface area contributed by atoms with Crippen molar-refractivity contribution in [1.82, 2.24) is 15.0 Å². The highest BCUT2D eigenvalue weighted by Gasteiger charge is 2.66. The van der Waals surface area contributed by atoms with Crippen molar-refractivity contribution in [2.24, 2.45) is 11.8 Å². The molecule has 2 saturated heterocycles. The molecular weight excluding hydrogens is 622 g/mol. The Balaban J connectivity index is 1.33. The summed E-state index contributed by atoms with van der Waals surface area (Å²) in [5, 5.41) is 17.9. The van der Waals surface area contributed by atoms with Crippen LogP contribution in [0.5, 0.6) is 5.75 Å². The van der Waals surface area contributed by atoms with Crippen LogP contribution in [0.2, 0.25) is 0 Å². The molecule has 2 amide bonds. The number of ether oxygens (including phenoxy) is 3. The summed E-state index contributed by atoms with van der Waals surface area (Å²) in [5.74, 6) is 0.305. The van der Waals surface area contributed by atoms with Crippen molar-refractivity contribution in [3.05, 3.63) is 101 Å². The number of benzene rings is 3. The second-order valence-electron chi connectivity index (χ2n) is 13.7. The second kappa shape index (κ2) is 12.9. The molecule has 11 heteroatoms. The molecule has 3 aliphatic heterocycles. The van der Waals surface area contributed by atoms with Crippen molar-refractivity contribution >= 4 is 23.4 Å². The number of hydrogen-bond donors (Lipinski definition) is 1. The van der Waals surface area contributed by atoms with Crippen LogP contribution in [-0.2, 0) is 44.8 Å². The second-order valence-corrected chi connectivity index (χ2v) is 13.7. The standard InChI is InChI=1S/C38H43N5O6/c1-25-34(37(2,3)27-10-13-30(47-4)14-11-27)33(16-18-41-24-28(17-20-44)39-40-41)49-38(25)31-22-29(42-19-21-48-36(42)46)12-15-32(31)43(35(38)45)23-26-8-6-5-7-9-26/h5-15,22,24-25,33-34,44H,16-21,23H2,1-4H3/t25-,33+,34-,38+/m0/s1. The van der Waals surface area contributed by atoms with Gasteiger partial charge >= 0.3 is 6.09 Å². The van der Waals surface area contributed by atoms with Gasteiger partial charge in [-0.2, -0.15) is 0 Å². The number of aryl methyl sites for hydroxylation is 1. The van der Waals surface area contributed by atoms with Crippen LogP contribution in [0.4, 0.5) is 16.2 Å². The molecule has 0 aliphatic carbocycles. The molecule has 1 aromatic heterocycles. The summed E-state index contributed by atoms with van der Waals surface area (Å²) in [7, 11) is 1.66. The largest absolute Gasteiger partial charge is 0.497 e. The Morgan fingerprint density at radius 1 is 1.06 bits per heavy atom. The first kappa shape index (κ1) is 32.8. The number of anilines is 2. The first-order valence-electron chi connectivity index (χ1n) is 16.9. The van der Waals surface area contributed by atoms with E-state index in [1.54, 1.807) is 16.7 Å². The maximum Gasteiger partial charge on any atom is 0.414 e. The number of amides is 2. The van der Waals surface area contributed by atoms with Crippen molar-refractivity contribution in [1.29, 1.82) is 0 Å². The van der Waals surface area contributed by atoms with Gasteiger partial charge in [0.1, 0.15) is 12.4 Å². The van der Waals surface area contributed by atoms with E-state index in [4.69, 9.17) is 14.2 Å². The topological polar surface area (TPSA) is 119 Å². The lowest BCUT2D eigenvalue weighted by Gasteiger charge is -2.38. The highest BCUT2D eigenvalue weighted by atomic mass is 16.6. The lowest BCUT2D eigenvalue weighted by Crippen LogP contribution is -2.45. The number of rotatable bonds is 11. The van der Waals surface area contributed by atoms with Crippen molar-refractivity contribution in [2.45, 2.75) is 63.8 Å². The maximum absolute atomic E-state index is 15.1. The SMILES string of the molecule is COc1ccc(C(C)(C)[C@@H]2[C@@H](CCn3cc(CCO)nn3)O[C@]3(C(=O)N(Cc4ccccc4)c4ccc(N5CCOC5=O)cc43)[C@H]2C)cc1.